The number of para-hydroxylation sites is 1. The van der Waals surface area contributed by atoms with E-state index in [-0.39, 0.29) is 25.0 Å². The van der Waals surface area contributed by atoms with Crippen molar-refractivity contribution in [2.24, 2.45) is 0 Å². The van der Waals surface area contributed by atoms with Crippen molar-refractivity contribution in [2.45, 2.75) is 13.3 Å². The van der Waals surface area contributed by atoms with E-state index in [2.05, 4.69) is 10.6 Å². The molecule has 0 atom stereocenters. The predicted octanol–water partition coefficient (Wildman–Crippen LogP) is 2.06. The molecule has 0 radical (unpaired) electrons. The number of carbonyl (C=O) groups excluding carboxylic acids is 2. The van der Waals surface area contributed by atoms with Gasteiger partial charge in [-0.1, -0.05) is 24.3 Å². The molecule has 0 aromatic heterocycles. The van der Waals surface area contributed by atoms with Crippen molar-refractivity contribution in [2.75, 3.05) is 25.1 Å². The van der Waals surface area contributed by atoms with Gasteiger partial charge in [-0.25, -0.2) is 0 Å². The van der Waals surface area contributed by atoms with E-state index < -0.39 is 0 Å². The number of ether oxygens (including phenoxy) is 2. The van der Waals surface area contributed by atoms with Crippen molar-refractivity contribution in [3.63, 3.8) is 0 Å². The summed E-state index contributed by atoms with van der Waals surface area (Å²) in [6.07, 6.45) is 0.652. The number of nitrogens with one attached hydrogen (secondary N) is 2. The van der Waals surface area contributed by atoms with Crippen LogP contribution in [0.4, 0.5) is 5.69 Å². The van der Waals surface area contributed by atoms with Gasteiger partial charge < -0.3 is 20.1 Å². The van der Waals surface area contributed by atoms with Crippen LogP contribution in [0, 0.1) is 6.92 Å². The topological polar surface area (TPSA) is 76.7 Å². The standard InChI is InChI=1S/C19H20N2O4/c1-13-4-2-3-5-16(13)24-11-18(22)20-9-8-14-6-7-17-15(10-14)21-19(23)12-25-17/h2-7,10H,8-9,11-12H2,1H3,(H,20,22)(H,21,23). The highest BCUT2D eigenvalue weighted by molar-refractivity contribution is 5.95. The van der Waals surface area contributed by atoms with Crippen molar-refractivity contribution >= 4 is 17.5 Å². The second-order valence-corrected chi connectivity index (χ2v) is 5.82. The van der Waals surface area contributed by atoms with Crippen molar-refractivity contribution in [3.05, 3.63) is 53.6 Å². The summed E-state index contributed by atoms with van der Waals surface area (Å²) in [4.78, 5) is 23.2. The second kappa shape index (κ2) is 7.70. The van der Waals surface area contributed by atoms with Crippen LogP contribution >= 0.6 is 0 Å². The van der Waals surface area contributed by atoms with Crippen LogP contribution in [0.15, 0.2) is 42.5 Å². The molecule has 6 nitrogen and oxygen atoms in total. The monoisotopic (exact) mass is 340 g/mol. The van der Waals surface area contributed by atoms with Gasteiger partial charge in [-0.2, -0.15) is 0 Å². The molecule has 0 unspecified atom stereocenters. The second-order valence-electron chi connectivity index (χ2n) is 5.82. The average Bonchev–Trinajstić information content (AvgIpc) is 2.60. The van der Waals surface area contributed by atoms with Crippen LogP contribution < -0.4 is 20.1 Å². The maximum absolute atomic E-state index is 11.9. The van der Waals surface area contributed by atoms with Crippen LogP contribution in [0.25, 0.3) is 0 Å². The molecule has 0 fully saturated rings. The summed E-state index contributed by atoms with van der Waals surface area (Å²) in [5, 5.41) is 5.60. The molecular formula is C19H20N2O4. The minimum atomic E-state index is -0.169. The number of hydrogen-bond acceptors (Lipinski definition) is 4. The van der Waals surface area contributed by atoms with Gasteiger partial charge in [0.1, 0.15) is 11.5 Å². The minimum absolute atomic E-state index is 0.0149. The minimum Gasteiger partial charge on any atom is -0.484 e. The first-order valence-electron chi connectivity index (χ1n) is 8.12. The van der Waals surface area contributed by atoms with Gasteiger partial charge in [-0.3, -0.25) is 9.59 Å². The smallest absolute Gasteiger partial charge is 0.262 e. The zero-order valence-corrected chi connectivity index (χ0v) is 14.0. The molecule has 6 heteroatoms. The van der Waals surface area contributed by atoms with Gasteiger partial charge in [-0.05, 0) is 42.7 Å². The van der Waals surface area contributed by atoms with E-state index >= 15 is 0 Å². The van der Waals surface area contributed by atoms with E-state index in [9.17, 15) is 9.59 Å². The van der Waals surface area contributed by atoms with Gasteiger partial charge in [0.05, 0.1) is 5.69 Å². The third-order valence-corrected chi connectivity index (χ3v) is 3.87. The first-order valence-corrected chi connectivity index (χ1v) is 8.12. The van der Waals surface area contributed by atoms with E-state index in [4.69, 9.17) is 9.47 Å². The highest BCUT2D eigenvalue weighted by Crippen LogP contribution is 2.28. The lowest BCUT2D eigenvalue weighted by Crippen LogP contribution is -2.30. The van der Waals surface area contributed by atoms with Gasteiger partial charge in [0.25, 0.3) is 11.8 Å². The molecule has 2 aromatic carbocycles. The predicted molar refractivity (Wildman–Crippen MR) is 94.0 cm³/mol. The van der Waals surface area contributed by atoms with Gasteiger partial charge >= 0.3 is 0 Å². The van der Waals surface area contributed by atoms with E-state index in [0.29, 0.717) is 30.2 Å². The Balaban J connectivity index is 1.45. The fourth-order valence-corrected chi connectivity index (χ4v) is 2.54. The van der Waals surface area contributed by atoms with Crippen LogP contribution in [-0.4, -0.2) is 31.6 Å². The third-order valence-electron chi connectivity index (χ3n) is 3.87. The van der Waals surface area contributed by atoms with Crippen LogP contribution in [0.1, 0.15) is 11.1 Å². The summed E-state index contributed by atoms with van der Waals surface area (Å²) in [7, 11) is 0. The number of carbonyl (C=O) groups is 2. The third kappa shape index (κ3) is 4.50. The zero-order chi connectivity index (χ0) is 17.6. The Bertz CT molecular complexity index is 789. The lowest BCUT2D eigenvalue weighted by atomic mass is 10.1. The molecule has 2 amide bonds. The van der Waals surface area contributed by atoms with E-state index in [1.165, 1.54) is 0 Å². The molecule has 1 heterocycles. The van der Waals surface area contributed by atoms with Gasteiger partial charge in [-0.15, -0.1) is 0 Å². The molecular weight excluding hydrogens is 320 g/mol. The number of amides is 2. The molecule has 0 saturated heterocycles. The Kier molecular flexibility index (Phi) is 5.18. The summed E-state index contributed by atoms with van der Waals surface area (Å²) < 4.78 is 10.8. The molecule has 0 aliphatic carbocycles. The van der Waals surface area contributed by atoms with Crippen molar-refractivity contribution < 1.29 is 19.1 Å². The zero-order valence-electron chi connectivity index (χ0n) is 14.0. The Hall–Kier alpha value is -3.02. The molecule has 0 saturated carbocycles. The van der Waals surface area contributed by atoms with Crippen molar-refractivity contribution in [1.29, 1.82) is 0 Å². The Morgan fingerprint density at radius 3 is 2.96 bits per heavy atom. The summed E-state index contributed by atoms with van der Waals surface area (Å²) in [6, 6.07) is 13.2. The van der Waals surface area contributed by atoms with Crippen LogP contribution in [0.2, 0.25) is 0 Å². The SMILES string of the molecule is Cc1ccccc1OCC(=O)NCCc1ccc2c(c1)NC(=O)CO2. The number of hydrogen-bond donors (Lipinski definition) is 2. The van der Waals surface area contributed by atoms with E-state index in [1.54, 1.807) is 0 Å². The first-order chi connectivity index (χ1) is 12.1. The molecule has 130 valence electrons. The summed E-state index contributed by atoms with van der Waals surface area (Å²) in [6.45, 7) is 2.46. The normalized spacial score (nSPS) is 12.6. The first kappa shape index (κ1) is 16.8. The number of fused-ring (bicyclic) bond motifs is 1. The molecule has 2 aromatic rings. The summed E-state index contributed by atoms with van der Waals surface area (Å²) >= 11 is 0. The maximum Gasteiger partial charge on any atom is 0.262 e. The van der Waals surface area contributed by atoms with E-state index in [0.717, 1.165) is 11.1 Å². The Labute approximate surface area is 146 Å². The highest BCUT2D eigenvalue weighted by atomic mass is 16.5. The van der Waals surface area contributed by atoms with Gasteiger partial charge in [0.15, 0.2) is 13.2 Å². The van der Waals surface area contributed by atoms with Crippen LogP contribution in [0.5, 0.6) is 11.5 Å². The molecule has 25 heavy (non-hydrogen) atoms. The maximum atomic E-state index is 11.9. The lowest BCUT2D eigenvalue weighted by Gasteiger charge is -2.18. The molecule has 2 N–H and O–H groups in total. The fourth-order valence-electron chi connectivity index (χ4n) is 2.54. The lowest BCUT2D eigenvalue weighted by molar-refractivity contribution is -0.123. The summed E-state index contributed by atoms with van der Waals surface area (Å²) in [5.41, 5.74) is 2.67. The molecule has 3 rings (SSSR count). The van der Waals surface area contributed by atoms with E-state index in [1.807, 2.05) is 49.4 Å². The average molecular weight is 340 g/mol. The summed E-state index contributed by atoms with van der Waals surface area (Å²) in [5.74, 6) is 1.05. The van der Waals surface area contributed by atoms with Gasteiger partial charge in [0, 0.05) is 6.54 Å². The Morgan fingerprint density at radius 1 is 1.28 bits per heavy atom. The van der Waals surface area contributed by atoms with Crippen LogP contribution in [0.3, 0.4) is 0 Å². The molecule has 0 spiro atoms. The van der Waals surface area contributed by atoms with Crippen molar-refractivity contribution in [3.8, 4) is 11.5 Å². The largest absolute Gasteiger partial charge is 0.484 e. The number of benzene rings is 2. The molecule has 1 aliphatic heterocycles. The van der Waals surface area contributed by atoms with Crippen LogP contribution in [-0.2, 0) is 16.0 Å². The quantitative estimate of drug-likeness (QED) is 0.844. The number of aryl methyl sites for hydroxylation is 1. The number of anilines is 1. The fraction of sp³-hybridized carbons (Fsp3) is 0.263. The van der Waals surface area contributed by atoms with Crippen molar-refractivity contribution in [1.82, 2.24) is 5.32 Å². The Morgan fingerprint density at radius 2 is 2.12 bits per heavy atom. The molecule has 1 aliphatic rings. The van der Waals surface area contributed by atoms with Gasteiger partial charge in [0.2, 0.25) is 0 Å². The highest BCUT2D eigenvalue weighted by Gasteiger charge is 2.15. The number of rotatable bonds is 6. The molecule has 0 bridgehead atoms.